The maximum atomic E-state index is 13.5. The Morgan fingerprint density at radius 3 is 2.06 bits per heavy atom. The number of carbonyl (C=O) groups excluding carboxylic acids is 1. The largest absolute Gasteiger partial charge is 0.441 e. The van der Waals surface area contributed by atoms with Crippen molar-refractivity contribution in [1.82, 2.24) is 0 Å². The second kappa shape index (κ2) is 8.71. The number of nitrogens with zero attached hydrogens (tertiary/aromatic N) is 2. The number of carbonyl (C=O) groups is 1. The quantitative estimate of drug-likeness (QED) is 0.387. The first-order valence-corrected chi connectivity index (χ1v) is 11.9. The average Bonchev–Trinajstić information content (AvgIpc) is 3.10. The van der Waals surface area contributed by atoms with Crippen LogP contribution >= 0.6 is 0 Å². The monoisotopic (exact) mass is 457 g/mol. The third-order valence-corrected chi connectivity index (χ3v) is 7.29. The van der Waals surface area contributed by atoms with E-state index in [0.29, 0.717) is 5.56 Å². The molecular formula is C29H35N3O2. The SMILES string of the molecule is CCN(CC)c1ccc2c(c1)C(=O)OC2(c1ccc(N(C)C)cc1C)c1ccc(N)c(C)c1C. The van der Waals surface area contributed by atoms with Crippen LogP contribution in [0.1, 0.15) is 57.6 Å². The van der Waals surface area contributed by atoms with Gasteiger partial charge in [0.2, 0.25) is 0 Å². The van der Waals surface area contributed by atoms with E-state index in [-0.39, 0.29) is 5.97 Å². The van der Waals surface area contributed by atoms with Crippen LogP contribution in [-0.4, -0.2) is 33.2 Å². The molecule has 0 saturated heterocycles. The highest BCUT2D eigenvalue weighted by Gasteiger charge is 2.50. The predicted octanol–water partition coefficient (Wildman–Crippen LogP) is 5.57. The number of cyclic esters (lactones) is 1. The molecule has 1 unspecified atom stereocenters. The van der Waals surface area contributed by atoms with Crippen LogP contribution < -0.4 is 15.5 Å². The Morgan fingerprint density at radius 1 is 0.824 bits per heavy atom. The lowest BCUT2D eigenvalue weighted by Crippen LogP contribution is -2.32. The molecule has 1 aliphatic rings. The van der Waals surface area contributed by atoms with E-state index >= 15 is 0 Å². The van der Waals surface area contributed by atoms with Crippen LogP contribution in [0.15, 0.2) is 48.5 Å². The van der Waals surface area contributed by atoms with Crippen LogP contribution in [0.3, 0.4) is 0 Å². The van der Waals surface area contributed by atoms with Gasteiger partial charge in [0.25, 0.3) is 0 Å². The third-order valence-electron chi connectivity index (χ3n) is 7.29. The maximum absolute atomic E-state index is 13.5. The molecule has 1 atom stereocenters. The molecule has 178 valence electrons. The molecule has 0 fully saturated rings. The first-order valence-electron chi connectivity index (χ1n) is 11.9. The summed E-state index contributed by atoms with van der Waals surface area (Å²) >= 11 is 0. The molecule has 2 N–H and O–H groups in total. The zero-order valence-corrected chi connectivity index (χ0v) is 21.3. The third kappa shape index (κ3) is 3.51. The van der Waals surface area contributed by atoms with Crippen molar-refractivity contribution in [3.63, 3.8) is 0 Å². The van der Waals surface area contributed by atoms with Gasteiger partial charge in [-0.1, -0.05) is 18.2 Å². The molecule has 3 aromatic rings. The second-order valence-corrected chi connectivity index (χ2v) is 9.32. The van der Waals surface area contributed by atoms with Gasteiger partial charge in [-0.25, -0.2) is 4.79 Å². The normalized spacial score (nSPS) is 16.9. The number of ether oxygens (including phenoxy) is 1. The van der Waals surface area contributed by atoms with Crippen LogP contribution in [-0.2, 0) is 10.3 Å². The number of hydrogen-bond donors (Lipinski definition) is 1. The summed E-state index contributed by atoms with van der Waals surface area (Å²) in [5, 5.41) is 0. The minimum absolute atomic E-state index is 0.297. The van der Waals surface area contributed by atoms with Gasteiger partial charge in [0.1, 0.15) is 0 Å². The Balaban J connectivity index is 2.05. The highest BCUT2D eigenvalue weighted by Crippen LogP contribution is 2.50. The van der Waals surface area contributed by atoms with Gasteiger partial charge in [-0.2, -0.15) is 0 Å². The van der Waals surface area contributed by atoms with Crippen LogP contribution in [0, 0.1) is 20.8 Å². The van der Waals surface area contributed by atoms with Crippen LogP contribution in [0.2, 0.25) is 0 Å². The fraction of sp³-hybridized carbons (Fsp3) is 0.345. The molecule has 5 heteroatoms. The van der Waals surface area contributed by atoms with E-state index < -0.39 is 5.60 Å². The highest BCUT2D eigenvalue weighted by atomic mass is 16.6. The lowest BCUT2D eigenvalue weighted by Gasteiger charge is -2.34. The molecule has 1 heterocycles. The van der Waals surface area contributed by atoms with E-state index in [0.717, 1.165) is 63.5 Å². The lowest BCUT2D eigenvalue weighted by molar-refractivity contribution is 0.0248. The number of rotatable bonds is 6. The fourth-order valence-corrected chi connectivity index (χ4v) is 5.13. The standard InChI is InChI=1S/C29H35N3O2/c1-8-32(9-2)22-11-13-26-23(17-22)28(33)34-29(26,25-14-15-27(30)20(5)19(25)4)24-12-10-21(31(6)7)16-18(24)3/h10-17H,8-9,30H2,1-7H3. The topological polar surface area (TPSA) is 58.8 Å². The minimum atomic E-state index is -1.04. The molecule has 0 bridgehead atoms. The highest BCUT2D eigenvalue weighted by molar-refractivity contribution is 5.97. The van der Waals surface area contributed by atoms with Crippen molar-refractivity contribution in [3.8, 4) is 0 Å². The van der Waals surface area contributed by atoms with Gasteiger partial charge >= 0.3 is 5.97 Å². The Morgan fingerprint density at radius 2 is 1.44 bits per heavy atom. The van der Waals surface area contributed by atoms with Gasteiger partial charge in [-0.3, -0.25) is 0 Å². The first kappa shape index (κ1) is 23.7. The number of esters is 1. The van der Waals surface area contributed by atoms with Crippen LogP contribution in [0.5, 0.6) is 0 Å². The van der Waals surface area contributed by atoms with E-state index in [4.69, 9.17) is 10.5 Å². The van der Waals surface area contributed by atoms with Crippen molar-refractivity contribution in [1.29, 1.82) is 0 Å². The molecule has 0 spiro atoms. The van der Waals surface area contributed by atoms with E-state index in [1.165, 1.54) is 0 Å². The first-order chi connectivity index (χ1) is 16.1. The smallest absolute Gasteiger partial charge is 0.340 e. The minimum Gasteiger partial charge on any atom is -0.441 e. The van der Waals surface area contributed by atoms with Gasteiger partial charge in [0.15, 0.2) is 5.60 Å². The van der Waals surface area contributed by atoms with E-state index in [1.54, 1.807) is 0 Å². The van der Waals surface area contributed by atoms with Gasteiger partial charge in [0.05, 0.1) is 5.56 Å². The molecule has 5 nitrogen and oxygen atoms in total. The number of aryl methyl sites for hydroxylation is 1. The van der Waals surface area contributed by atoms with Crippen LogP contribution in [0.4, 0.5) is 17.1 Å². The molecule has 0 saturated carbocycles. The summed E-state index contributed by atoms with van der Waals surface area (Å²) in [5.41, 5.74) is 14.6. The molecule has 1 aliphatic heterocycles. The van der Waals surface area contributed by atoms with Crippen molar-refractivity contribution in [2.24, 2.45) is 0 Å². The van der Waals surface area contributed by atoms with Gasteiger partial charge < -0.3 is 20.3 Å². The number of nitrogens with two attached hydrogens (primary N) is 1. The summed E-state index contributed by atoms with van der Waals surface area (Å²) < 4.78 is 6.44. The zero-order valence-electron chi connectivity index (χ0n) is 21.3. The van der Waals surface area contributed by atoms with Crippen molar-refractivity contribution < 1.29 is 9.53 Å². The molecule has 0 amide bonds. The van der Waals surface area contributed by atoms with Crippen molar-refractivity contribution in [3.05, 3.63) is 87.5 Å². The Labute approximate surface area is 203 Å². The second-order valence-electron chi connectivity index (χ2n) is 9.32. The molecular weight excluding hydrogens is 422 g/mol. The van der Waals surface area contributed by atoms with E-state index in [9.17, 15) is 4.79 Å². The summed E-state index contributed by atoms with van der Waals surface area (Å²) in [4.78, 5) is 17.8. The van der Waals surface area contributed by atoms with E-state index in [1.807, 2.05) is 39.2 Å². The summed E-state index contributed by atoms with van der Waals surface area (Å²) in [5.74, 6) is -0.297. The number of benzene rings is 3. The van der Waals surface area contributed by atoms with Crippen molar-refractivity contribution in [2.45, 2.75) is 40.2 Å². The predicted molar refractivity (Wildman–Crippen MR) is 141 cm³/mol. The maximum Gasteiger partial charge on any atom is 0.340 e. The summed E-state index contributed by atoms with van der Waals surface area (Å²) in [7, 11) is 4.05. The number of fused-ring (bicyclic) bond motifs is 1. The Kier molecular flexibility index (Phi) is 6.07. The molecule has 34 heavy (non-hydrogen) atoms. The summed E-state index contributed by atoms with van der Waals surface area (Å²) in [6.07, 6.45) is 0. The molecule has 0 aromatic heterocycles. The van der Waals surface area contributed by atoms with Crippen LogP contribution in [0.25, 0.3) is 0 Å². The zero-order chi connectivity index (χ0) is 24.8. The lowest BCUT2D eigenvalue weighted by atomic mass is 9.75. The number of anilines is 3. The van der Waals surface area contributed by atoms with Crippen molar-refractivity contribution >= 4 is 23.0 Å². The Bertz CT molecular complexity index is 1260. The average molecular weight is 458 g/mol. The molecule has 0 aliphatic carbocycles. The van der Waals surface area contributed by atoms with Gasteiger partial charge in [0, 0.05) is 60.9 Å². The number of hydrogen-bond acceptors (Lipinski definition) is 5. The Hall–Kier alpha value is -3.47. The molecule has 0 radical (unpaired) electrons. The summed E-state index contributed by atoms with van der Waals surface area (Å²) in [6.45, 7) is 12.1. The summed E-state index contributed by atoms with van der Waals surface area (Å²) in [6, 6.07) is 16.4. The number of nitrogen functional groups attached to an aromatic ring is 1. The fourth-order valence-electron chi connectivity index (χ4n) is 5.13. The van der Waals surface area contributed by atoms with Gasteiger partial charge in [-0.15, -0.1) is 0 Å². The van der Waals surface area contributed by atoms with Crippen molar-refractivity contribution in [2.75, 3.05) is 42.7 Å². The van der Waals surface area contributed by atoms with Gasteiger partial charge in [-0.05, 0) is 81.6 Å². The molecule has 3 aromatic carbocycles. The van der Waals surface area contributed by atoms with E-state index in [2.05, 4.69) is 67.8 Å². The molecule has 4 rings (SSSR count).